The lowest BCUT2D eigenvalue weighted by Crippen LogP contribution is -2.39. The molecule has 6 heteroatoms. The van der Waals surface area contributed by atoms with Crippen molar-refractivity contribution in [1.29, 1.82) is 0 Å². The Morgan fingerprint density at radius 3 is 2.65 bits per heavy atom. The Balaban J connectivity index is 2.74. The fourth-order valence-corrected chi connectivity index (χ4v) is 1.67. The molecule has 20 heavy (non-hydrogen) atoms. The highest BCUT2D eigenvalue weighted by Crippen LogP contribution is 2.18. The third-order valence-electron chi connectivity index (χ3n) is 3.04. The first-order valence-electron chi connectivity index (χ1n) is 6.94. The first-order chi connectivity index (χ1) is 9.40. The van der Waals surface area contributed by atoms with E-state index in [9.17, 15) is 4.79 Å². The predicted molar refractivity (Wildman–Crippen MR) is 81.9 cm³/mol. The molecule has 0 aliphatic rings. The number of amides is 1. The minimum absolute atomic E-state index is 0.000964. The highest BCUT2D eigenvalue weighted by molar-refractivity contribution is 5.82. The lowest BCUT2D eigenvalue weighted by molar-refractivity contribution is -0.128. The number of aryl methyl sites for hydroxylation is 1. The first-order valence-corrected chi connectivity index (χ1v) is 6.94. The lowest BCUT2D eigenvalue weighted by Gasteiger charge is -2.23. The normalized spacial score (nSPS) is 11.1. The molecule has 0 saturated heterocycles. The zero-order valence-electron chi connectivity index (χ0n) is 13.0. The maximum Gasteiger partial charge on any atom is 0.227 e. The van der Waals surface area contributed by atoms with Gasteiger partial charge in [0.05, 0.1) is 5.41 Å². The van der Waals surface area contributed by atoms with Crippen molar-refractivity contribution in [2.24, 2.45) is 5.41 Å². The van der Waals surface area contributed by atoms with E-state index in [0.717, 1.165) is 24.3 Å². The zero-order chi connectivity index (χ0) is 15.2. The van der Waals surface area contributed by atoms with E-state index in [4.69, 9.17) is 0 Å². The van der Waals surface area contributed by atoms with Gasteiger partial charge < -0.3 is 16.0 Å². The maximum atomic E-state index is 11.8. The molecule has 6 nitrogen and oxygen atoms in total. The molecular weight excluding hydrogens is 254 g/mol. The van der Waals surface area contributed by atoms with E-state index in [1.165, 1.54) is 0 Å². The number of nitrogens with one attached hydrogen (secondary N) is 3. The van der Waals surface area contributed by atoms with Gasteiger partial charge in [-0.3, -0.25) is 4.79 Å². The van der Waals surface area contributed by atoms with Crippen LogP contribution < -0.4 is 16.0 Å². The zero-order valence-corrected chi connectivity index (χ0v) is 13.0. The molecule has 112 valence electrons. The number of rotatable bonds is 7. The van der Waals surface area contributed by atoms with Crippen molar-refractivity contribution in [3.05, 3.63) is 11.8 Å². The molecule has 1 rings (SSSR count). The largest absolute Gasteiger partial charge is 0.369 e. The molecule has 0 unspecified atom stereocenters. The van der Waals surface area contributed by atoms with Crippen LogP contribution in [0.15, 0.2) is 6.20 Å². The van der Waals surface area contributed by atoms with Crippen molar-refractivity contribution in [1.82, 2.24) is 15.3 Å². The standard InChI is InChI=1S/C14H25N5O/c1-6-7-16-13-17-8-10(2)11(19-13)18-9-14(3,4)12(20)15-5/h8H,6-7,9H2,1-5H3,(H,15,20)(H2,16,17,18,19). The second-order valence-electron chi connectivity index (χ2n) is 5.47. The quantitative estimate of drug-likeness (QED) is 0.709. The number of nitrogens with zero attached hydrogens (tertiary/aromatic N) is 2. The number of anilines is 2. The van der Waals surface area contributed by atoms with E-state index in [1.807, 2.05) is 20.8 Å². The van der Waals surface area contributed by atoms with Gasteiger partial charge in [0.1, 0.15) is 5.82 Å². The second-order valence-corrected chi connectivity index (χ2v) is 5.47. The van der Waals surface area contributed by atoms with Crippen molar-refractivity contribution in [2.45, 2.75) is 34.1 Å². The molecule has 0 radical (unpaired) electrons. The molecule has 0 aliphatic carbocycles. The molecule has 0 aromatic carbocycles. The summed E-state index contributed by atoms with van der Waals surface area (Å²) in [5.74, 6) is 1.37. The summed E-state index contributed by atoms with van der Waals surface area (Å²) in [6.07, 6.45) is 2.80. The molecule has 1 aromatic heterocycles. The van der Waals surface area contributed by atoms with Crippen LogP contribution in [0, 0.1) is 12.3 Å². The molecule has 0 aliphatic heterocycles. The van der Waals surface area contributed by atoms with E-state index in [1.54, 1.807) is 13.2 Å². The minimum Gasteiger partial charge on any atom is -0.369 e. The van der Waals surface area contributed by atoms with Gasteiger partial charge in [0.15, 0.2) is 0 Å². The molecule has 0 spiro atoms. The van der Waals surface area contributed by atoms with Crippen molar-refractivity contribution in [3.8, 4) is 0 Å². The van der Waals surface area contributed by atoms with Crippen LogP contribution in [0.25, 0.3) is 0 Å². The van der Waals surface area contributed by atoms with Gasteiger partial charge in [-0.15, -0.1) is 0 Å². The van der Waals surface area contributed by atoms with Gasteiger partial charge in [0, 0.05) is 31.9 Å². The minimum atomic E-state index is -0.497. The van der Waals surface area contributed by atoms with Crippen LogP contribution in [-0.2, 0) is 4.79 Å². The highest BCUT2D eigenvalue weighted by Gasteiger charge is 2.26. The van der Waals surface area contributed by atoms with E-state index in [-0.39, 0.29) is 5.91 Å². The number of carbonyl (C=O) groups is 1. The van der Waals surface area contributed by atoms with Crippen molar-refractivity contribution < 1.29 is 4.79 Å². The van der Waals surface area contributed by atoms with Crippen molar-refractivity contribution in [3.63, 3.8) is 0 Å². The van der Waals surface area contributed by atoms with E-state index < -0.39 is 5.41 Å². The summed E-state index contributed by atoms with van der Waals surface area (Å²) in [4.78, 5) is 20.4. The Kier molecular flexibility index (Phi) is 5.73. The fraction of sp³-hybridized carbons (Fsp3) is 0.643. The summed E-state index contributed by atoms with van der Waals surface area (Å²) in [5.41, 5.74) is 0.461. The number of aromatic nitrogens is 2. The summed E-state index contributed by atoms with van der Waals surface area (Å²) in [5, 5.41) is 9.06. The van der Waals surface area contributed by atoms with Gasteiger partial charge in [0.25, 0.3) is 0 Å². The Morgan fingerprint density at radius 2 is 2.05 bits per heavy atom. The van der Waals surface area contributed by atoms with Gasteiger partial charge in [-0.1, -0.05) is 6.92 Å². The summed E-state index contributed by atoms with van der Waals surface area (Å²) in [7, 11) is 1.65. The number of hydrogen-bond donors (Lipinski definition) is 3. The average Bonchev–Trinajstić information content (AvgIpc) is 2.44. The Bertz CT molecular complexity index is 459. The summed E-state index contributed by atoms with van der Waals surface area (Å²) < 4.78 is 0. The van der Waals surface area contributed by atoms with Crippen molar-refractivity contribution in [2.75, 3.05) is 30.8 Å². The molecule has 3 N–H and O–H groups in total. The van der Waals surface area contributed by atoms with Gasteiger partial charge in [-0.25, -0.2) is 4.98 Å². The van der Waals surface area contributed by atoms with E-state index in [0.29, 0.717) is 12.5 Å². The van der Waals surface area contributed by atoms with Gasteiger partial charge in [-0.05, 0) is 27.2 Å². The van der Waals surface area contributed by atoms with Crippen LogP contribution in [0.4, 0.5) is 11.8 Å². The highest BCUT2D eigenvalue weighted by atomic mass is 16.2. The van der Waals surface area contributed by atoms with Gasteiger partial charge in [-0.2, -0.15) is 4.98 Å². The molecule has 0 atom stereocenters. The summed E-state index contributed by atoms with van der Waals surface area (Å²) in [6, 6.07) is 0. The second kappa shape index (κ2) is 7.07. The molecule has 1 heterocycles. The summed E-state index contributed by atoms with van der Waals surface area (Å²) >= 11 is 0. The van der Waals surface area contributed by atoms with Crippen LogP contribution in [0.1, 0.15) is 32.8 Å². The van der Waals surface area contributed by atoms with Crippen LogP contribution in [-0.4, -0.2) is 36.0 Å². The molecule has 0 fully saturated rings. The number of carbonyl (C=O) groups excluding carboxylic acids is 1. The van der Waals surface area contributed by atoms with Gasteiger partial charge in [0.2, 0.25) is 11.9 Å². The fourth-order valence-electron chi connectivity index (χ4n) is 1.67. The molecule has 0 bridgehead atoms. The Morgan fingerprint density at radius 1 is 1.35 bits per heavy atom. The van der Waals surface area contributed by atoms with Gasteiger partial charge >= 0.3 is 0 Å². The van der Waals surface area contributed by atoms with E-state index >= 15 is 0 Å². The third kappa shape index (κ3) is 4.36. The van der Waals surface area contributed by atoms with Crippen LogP contribution >= 0.6 is 0 Å². The lowest BCUT2D eigenvalue weighted by atomic mass is 9.92. The third-order valence-corrected chi connectivity index (χ3v) is 3.04. The number of hydrogen-bond acceptors (Lipinski definition) is 5. The Hall–Kier alpha value is -1.85. The summed E-state index contributed by atoms with van der Waals surface area (Å²) in [6.45, 7) is 9.17. The molecule has 0 saturated carbocycles. The van der Waals surface area contributed by atoms with Crippen LogP contribution in [0.2, 0.25) is 0 Å². The topological polar surface area (TPSA) is 78.9 Å². The Labute approximate surface area is 120 Å². The predicted octanol–water partition coefficient (Wildman–Crippen LogP) is 1.79. The smallest absolute Gasteiger partial charge is 0.227 e. The average molecular weight is 279 g/mol. The molecular formula is C14H25N5O. The molecule has 1 aromatic rings. The molecule has 1 amide bonds. The first kappa shape index (κ1) is 16.2. The maximum absolute atomic E-state index is 11.8. The van der Waals surface area contributed by atoms with Crippen LogP contribution in [0.5, 0.6) is 0 Å². The monoisotopic (exact) mass is 279 g/mol. The van der Waals surface area contributed by atoms with Crippen molar-refractivity contribution >= 4 is 17.7 Å². The van der Waals surface area contributed by atoms with E-state index in [2.05, 4.69) is 32.8 Å². The SMILES string of the molecule is CCCNc1ncc(C)c(NCC(C)(C)C(=O)NC)n1. The van der Waals surface area contributed by atoms with Crippen LogP contribution in [0.3, 0.4) is 0 Å².